The van der Waals surface area contributed by atoms with Gasteiger partial charge < -0.3 is 0 Å². The predicted molar refractivity (Wildman–Crippen MR) is 43.3 cm³/mol. The van der Waals surface area contributed by atoms with E-state index in [9.17, 15) is 4.21 Å². The van der Waals surface area contributed by atoms with Gasteiger partial charge in [0.1, 0.15) is 8.77 Å². The van der Waals surface area contributed by atoms with Gasteiger partial charge in [-0.15, -0.1) is 12.3 Å². The van der Waals surface area contributed by atoms with E-state index in [-0.39, 0.29) is 5.92 Å². The van der Waals surface area contributed by atoms with Crippen LogP contribution >= 0.6 is 0 Å². The second-order valence-electron chi connectivity index (χ2n) is 2.20. The summed E-state index contributed by atoms with van der Waals surface area (Å²) in [5, 5.41) is 0. The van der Waals surface area contributed by atoms with Crippen molar-refractivity contribution in [1.29, 1.82) is 0 Å². The summed E-state index contributed by atoms with van der Waals surface area (Å²) in [5.74, 6) is 3.08. The fraction of sp³-hybridized carbons (Fsp3) is 0.667. The second kappa shape index (κ2) is 2.87. The summed E-state index contributed by atoms with van der Waals surface area (Å²) >= 11 is 4.63. The monoisotopic (exact) mass is 176 g/mol. The van der Waals surface area contributed by atoms with Crippen molar-refractivity contribution in [2.45, 2.75) is 6.42 Å². The number of rotatable bonds is 0. The summed E-state index contributed by atoms with van der Waals surface area (Å²) in [7, 11) is -2.39. The van der Waals surface area contributed by atoms with Crippen molar-refractivity contribution in [3.63, 3.8) is 0 Å². The van der Waals surface area contributed by atoms with Crippen LogP contribution in [0.4, 0.5) is 0 Å². The molecule has 56 valence electrons. The van der Waals surface area contributed by atoms with E-state index < -0.39 is 8.77 Å². The third-order valence-electron chi connectivity index (χ3n) is 1.40. The zero-order valence-corrected chi connectivity index (χ0v) is 7.04. The van der Waals surface area contributed by atoms with E-state index in [1.165, 1.54) is 0 Å². The molecule has 1 fully saturated rings. The van der Waals surface area contributed by atoms with Gasteiger partial charge in [0.15, 0.2) is 0 Å². The van der Waals surface area contributed by atoms with E-state index in [1.54, 1.807) is 0 Å². The molecule has 1 rings (SSSR count). The molecule has 1 heterocycles. The third-order valence-corrected chi connectivity index (χ3v) is 3.42. The molecule has 4 heteroatoms. The quantitative estimate of drug-likeness (QED) is 0.497. The Morgan fingerprint density at radius 1 is 1.80 bits per heavy atom. The van der Waals surface area contributed by atoms with Gasteiger partial charge in [0.05, 0.1) is 12.4 Å². The van der Waals surface area contributed by atoms with Crippen LogP contribution in [0, 0.1) is 18.3 Å². The lowest BCUT2D eigenvalue weighted by Crippen LogP contribution is -2.23. The van der Waals surface area contributed by atoms with Crippen LogP contribution in [0.5, 0.6) is 0 Å². The topological polar surface area (TPSA) is 26.3 Å². The van der Waals surface area contributed by atoms with Crippen LogP contribution in [0.15, 0.2) is 0 Å². The molecule has 2 nitrogen and oxygen atoms in total. The molecule has 1 aliphatic heterocycles. The van der Waals surface area contributed by atoms with Crippen molar-refractivity contribution < 1.29 is 8.39 Å². The van der Waals surface area contributed by atoms with Gasteiger partial charge in [-0.25, -0.2) is 4.21 Å². The average molecular weight is 176 g/mol. The molecule has 0 bridgehead atoms. The summed E-state index contributed by atoms with van der Waals surface area (Å²) in [6.45, 7) is 0.360. The Hall–Kier alpha value is -0.110. The Labute approximate surface area is 65.8 Å². The Balaban J connectivity index is 2.56. The maximum Gasteiger partial charge on any atom is 0.144 e. The first-order valence-corrected chi connectivity index (χ1v) is 5.55. The van der Waals surface area contributed by atoms with Crippen molar-refractivity contribution in [1.82, 2.24) is 0 Å². The van der Waals surface area contributed by atoms with E-state index in [4.69, 9.17) is 10.6 Å². The zero-order valence-electron chi connectivity index (χ0n) is 5.41. The standard InChI is InChI=1S/C6H8O2S2/c1-2-6-3-4-10(7,9)8-5-6/h1,6H,3-5H2. The SMILES string of the molecule is C#CC1CCS(=O)(=S)OC1. The molecule has 2 atom stereocenters. The summed E-state index contributed by atoms with van der Waals surface area (Å²) in [6.07, 6.45) is 5.87. The van der Waals surface area contributed by atoms with Crippen LogP contribution in [0.2, 0.25) is 0 Å². The number of hydrogen-bond acceptors (Lipinski definition) is 3. The molecule has 0 N–H and O–H groups in total. The molecule has 2 unspecified atom stereocenters. The Morgan fingerprint density at radius 2 is 2.50 bits per heavy atom. The molecular weight excluding hydrogens is 168 g/mol. The largest absolute Gasteiger partial charge is 0.289 e. The lowest BCUT2D eigenvalue weighted by Gasteiger charge is -2.18. The summed E-state index contributed by atoms with van der Waals surface area (Å²) in [6, 6.07) is 0. The highest BCUT2D eigenvalue weighted by Gasteiger charge is 2.19. The van der Waals surface area contributed by atoms with Crippen LogP contribution < -0.4 is 0 Å². The first kappa shape index (κ1) is 7.99. The highest BCUT2D eigenvalue weighted by atomic mass is 32.8. The molecule has 10 heavy (non-hydrogen) atoms. The summed E-state index contributed by atoms with van der Waals surface area (Å²) < 4.78 is 15.9. The highest BCUT2D eigenvalue weighted by molar-refractivity contribution is 8.30. The van der Waals surface area contributed by atoms with Crippen molar-refractivity contribution in [3.05, 3.63) is 0 Å². The molecule has 0 amide bonds. The molecular formula is C6H8O2S2. The maximum atomic E-state index is 11.0. The van der Waals surface area contributed by atoms with Gasteiger partial charge in [-0.3, -0.25) is 4.18 Å². The minimum absolute atomic E-state index is 0.109. The summed E-state index contributed by atoms with van der Waals surface area (Å²) in [5.41, 5.74) is 0. The Bertz CT molecular complexity index is 233. The van der Waals surface area contributed by atoms with Gasteiger partial charge in [0, 0.05) is 17.1 Å². The van der Waals surface area contributed by atoms with Gasteiger partial charge in [-0.2, -0.15) is 0 Å². The average Bonchev–Trinajstić information content (AvgIpc) is 1.88. The van der Waals surface area contributed by atoms with Gasteiger partial charge in [-0.1, -0.05) is 0 Å². The van der Waals surface area contributed by atoms with Crippen LogP contribution in [0.25, 0.3) is 0 Å². The minimum Gasteiger partial charge on any atom is -0.289 e. The van der Waals surface area contributed by atoms with E-state index >= 15 is 0 Å². The maximum absolute atomic E-state index is 11.0. The highest BCUT2D eigenvalue weighted by Crippen LogP contribution is 2.14. The third kappa shape index (κ3) is 1.94. The fourth-order valence-electron chi connectivity index (χ4n) is 0.746. The first-order valence-electron chi connectivity index (χ1n) is 2.97. The number of hydrogen-bond donors (Lipinski definition) is 0. The minimum atomic E-state index is -2.39. The van der Waals surface area contributed by atoms with Gasteiger partial charge in [0.25, 0.3) is 0 Å². The lowest BCUT2D eigenvalue weighted by atomic mass is 10.1. The summed E-state index contributed by atoms with van der Waals surface area (Å²) in [4.78, 5) is 0. The Kier molecular flexibility index (Phi) is 2.29. The van der Waals surface area contributed by atoms with Gasteiger partial charge in [0.2, 0.25) is 0 Å². The molecule has 0 aliphatic carbocycles. The molecule has 0 radical (unpaired) electrons. The van der Waals surface area contributed by atoms with Crippen LogP contribution in [0.1, 0.15) is 6.42 Å². The molecule has 1 saturated heterocycles. The van der Waals surface area contributed by atoms with Gasteiger partial charge >= 0.3 is 0 Å². The number of terminal acetylenes is 1. The van der Waals surface area contributed by atoms with Gasteiger partial charge in [-0.05, 0) is 6.42 Å². The molecule has 1 aliphatic rings. The second-order valence-corrected chi connectivity index (χ2v) is 5.48. The van der Waals surface area contributed by atoms with Crippen molar-refractivity contribution in [3.8, 4) is 12.3 Å². The van der Waals surface area contributed by atoms with Crippen molar-refractivity contribution in [2.24, 2.45) is 5.92 Å². The Morgan fingerprint density at radius 3 is 2.90 bits per heavy atom. The first-order chi connectivity index (χ1) is 4.64. The molecule has 0 aromatic rings. The molecule has 0 saturated carbocycles. The predicted octanol–water partition coefficient (Wildman–Crippen LogP) is 0.317. The van der Waals surface area contributed by atoms with E-state index in [0.29, 0.717) is 12.4 Å². The van der Waals surface area contributed by atoms with E-state index in [0.717, 1.165) is 6.42 Å². The van der Waals surface area contributed by atoms with E-state index in [2.05, 4.69) is 17.1 Å². The normalized spacial score (nSPS) is 40.5. The fourth-order valence-corrected chi connectivity index (χ4v) is 2.26. The molecule has 0 aromatic heterocycles. The molecule has 0 spiro atoms. The zero-order chi connectivity index (χ0) is 7.61. The lowest BCUT2D eigenvalue weighted by molar-refractivity contribution is 0.281. The van der Waals surface area contributed by atoms with Crippen molar-refractivity contribution in [2.75, 3.05) is 12.4 Å². The van der Waals surface area contributed by atoms with E-state index in [1.807, 2.05) is 0 Å². The molecule has 0 aromatic carbocycles. The smallest absolute Gasteiger partial charge is 0.144 e. The van der Waals surface area contributed by atoms with Crippen molar-refractivity contribution >= 4 is 20.0 Å². The van der Waals surface area contributed by atoms with Crippen LogP contribution in [-0.2, 0) is 24.1 Å². The van der Waals surface area contributed by atoms with Crippen LogP contribution in [-0.4, -0.2) is 16.6 Å². The van der Waals surface area contributed by atoms with Crippen LogP contribution in [0.3, 0.4) is 0 Å².